The van der Waals surface area contributed by atoms with Gasteiger partial charge in [0.05, 0.1) is 18.0 Å². The van der Waals surface area contributed by atoms with E-state index in [2.05, 4.69) is 10.0 Å². The van der Waals surface area contributed by atoms with Crippen molar-refractivity contribution in [3.05, 3.63) is 23.8 Å². The number of sulfonamides is 1. The molecule has 0 saturated heterocycles. The Kier molecular flexibility index (Phi) is 5.52. The lowest BCUT2D eigenvalue weighted by atomic mass is 10.2. The van der Waals surface area contributed by atoms with Crippen molar-refractivity contribution < 1.29 is 17.9 Å². The lowest BCUT2D eigenvalue weighted by Gasteiger charge is -2.11. The second-order valence-corrected chi connectivity index (χ2v) is 6.56. The summed E-state index contributed by atoms with van der Waals surface area (Å²) in [5, 5.41) is 2.69. The molecule has 6 nitrogen and oxygen atoms in total. The smallest absolute Gasteiger partial charge is 0.250 e. The number of carbonyl (C=O) groups excluding carboxylic acids is 1. The number of ether oxygens (including phenoxy) is 1. The fourth-order valence-electron chi connectivity index (χ4n) is 1.50. The minimum Gasteiger partial charge on any atom is -0.369 e. The minimum absolute atomic E-state index is 0.0103. The number of rotatable bonds is 6. The van der Waals surface area contributed by atoms with E-state index in [9.17, 15) is 13.2 Å². The van der Waals surface area contributed by atoms with E-state index in [4.69, 9.17) is 4.74 Å². The number of aryl methyl sites for hydroxylation is 1. The van der Waals surface area contributed by atoms with Gasteiger partial charge in [-0.15, -0.1) is 0 Å². The molecule has 0 bridgehead atoms. The highest BCUT2D eigenvalue weighted by molar-refractivity contribution is 7.92. The van der Waals surface area contributed by atoms with E-state index in [-0.39, 0.29) is 18.6 Å². The van der Waals surface area contributed by atoms with Gasteiger partial charge >= 0.3 is 0 Å². The molecule has 0 fully saturated rings. The third-order valence-corrected chi connectivity index (χ3v) is 2.94. The van der Waals surface area contributed by atoms with E-state index >= 15 is 0 Å². The van der Waals surface area contributed by atoms with Gasteiger partial charge < -0.3 is 10.1 Å². The van der Waals surface area contributed by atoms with Gasteiger partial charge in [0.25, 0.3) is 0 Å². The highest BCUT2D eigenvalue weighted by Crippen LogP contribution is 2.20. The van der Waals surface area contributed by atoms with Crippen molar-refractivity contribution in [1.82, 2.24) is 0 Å². The summed E-state index contributed by atoms with van der Waals surface area (Å²) in [6.45, 7) is 5.44. The third-order valence-electron chi connectivity index (χ3n) is 2.35. The average molecular weight is 300 g/mol. The molecule has 0 aliphatic rings. The standard InChI is InChI=1S/C13H20N2O4S/c1-9(2)19-8-13(16)14-11-5-6-12(10(3)7-11)15-20(4,17)18/h5-7,9,15H,8H2,1-4H3,(H,14,16). The summed E-state index contributed by atoms with van der Waals surface area (Å²) in [4.78, 5) is 11.6. The molecule has 0 radical (unpaired) electrons. The van der Waals surface area contributed by atoms with Crippen LogP contribution in [0.15, 0.2) is 18.2 Å². The van der Waals surface area contributed by atoms with Gasteiger partial charge in [-0.2, -0.15) is 0 Å². The predicted molar refractivity (Wildman–Crippen MR) is 79.4 cm³/mol. The van der Waals surface area contributed by atoms with E-state index in [1.807, 2.05) is 13.8 Å². The Morgan fingerprint density at radius 3 is 2.50 bits per heavy atom. The second kappa shape index (κ2) is 6.71. The van der Waals surface area contributed by atoms with E-state index < -0.39 is 10.0 Å². The van der Waals surface area contributed by atoms with Crippen LogP contribution in [0, 0.1) is 6.92 Å². The highest BCUT2D eigenvalue weighted by Gasteiger charge is 2.08. The van der Waals surface area contributed by atoms with Gasteiger partial charge in [0.1, 0.15) is 6.61 Å². The molecule has 20 heavy (non-hydrogen) atoms. The molecule has 1 aromatic carbocycles. The Hall–Kier alpha value is -1.60. The van der Waals surface area contributed by atoms with Crippen LogP contribution in [-0.2, 0) is 19.6 Å². The van der Waals surface area contributed by atoms with Crippen LogP contribution in [0.2, 0.25) is 0 Å². The molecule has 0 aliphatic heterocycles. The molecular formula is C13H20N2O4S. The Morgan fingerprint density at radius 2 is 2.00 bits per heavy atom. The van der Waals surface area contributed by atoms with Gasteiger partial charge in [-0.1, -0.05) is 0 Å². The molecule has 0 atom stereocenters. The predicted octanol–water partition coefficient (Wildman–Crippen LogP) is 1.73. The molecule has 1 aromatic rings. The fourth-order valence-corrected chi connectivity index (χ4v) is 2.12. The molecule has 112 valence electrons. The quantitative estimate of drug-likeness (QED) is 0.838. The van der Waals surface area contributed by atoms with Crippen LogP contribution >= 0.6 is 0 Å². The van der Waals surface area contributed by atoms with E-state index in [1.54, 1.807) is 25.1 Å². The van der Waals surface area contributed by atoms with E-state index in [0.29, 0.717) is 11.4 Å². The van der Waals surface area contributed by atoms with Crippen molar-refractivity contribution >= 4 is 27.3 Å². The molecule has 0 saturated carbocycles. The first-order valence-electron chi connectivity index (χ1n) is 6.17. The molecule has 0 aromatic heterocycles. The summed E-state index contributed by atoms with van der Waals surface area (Å²) in [6, 6.07) is 4.93. The molecule has 0 aliphatic carbocycles. The zero-order valence-electron chi connectivity index (χ0n) is 12.1. The molecule has 7 heteroatoms. The summed E-state index contributed by atoms with van der Waals surface area (Å²) < 4.78 is 29.9. The first kappa shape index (κ1) is 16.5. The number of amides is 1. The number of nitrogens with one attached hydrogen (secondary N) is 2. The van der Waals surface area contributed by atoms with Crippen molar-refractivity contribution in [2.75, 3.05) is 22.9 Å². The third kappa shape index (κ3) is 6.03. The minimum atomic E-state index is -3.31. The molecule has 2 N–H and O–H groups in total. The van der Waals surface area contributed by atoms with Crippen LogP contribution in [0.25, 0.3) is 0 Å². The Balaban J connectivity index is 2.70. The number of carbonyl (C=O) groups is 1. The number of hydrogen-bond donors (Lipinski definition) is 2. The lowest BCUT2D eigenvalue weighted by molar-refractivity contribution is -0.121. The zero-order valence-corrected chi connectivity index (χ0v) is 12.9. The first-order chi connectivity index (χ1) is 9.17. The molecular weight excluding hydrogens is 280 g/mol. The molecule has 0 spiro atoms. The van der Waals surface area contributed by atoms with Gasteiger partial charge in [0.15, 0.2) is 0 Å². The average Bonchev–Trinajstić information content (AvgIpc) is 2.28. The van der Waals surface area contributed by atoms with Crippen LogP contribution < -0.4 is 10.0 Å². The molecule has 1 amide bonds. The Bertz CT molecular complexity index is 582. The van der Waals surface area contributed by atoms with Crippen molar-refractivity contribution in [3.8, 4) is 0 Å². The summed E-state index contributed by atoms with van der Waals surface area (Å²) in [5.74, 6) is -0.248. The molecule has 0 heterocycles. The monoisotopic (exact) mass is 300 g/mol. The lowest BCUT2D eigenvalue weighted by Crippen LogP contribution is -2.20. The van der Waals surface area contributed by atoms with Crippen molar-refractivity contribution in [3.63, 3.8) is 0 Å². The summed E-state index contributed by atoms with van der Waals surface area (Å²) in [6.07, 6.45) is 1.08. The molecule has 1 rings (SSSR count). The second-order valence-electron chi connectivity index (χ2n) is 4.81. The van der Waals surface area contributed by atoms with Gasteiger partial charge in [0, 0.05) is 5.69 Å². The maximum atomic E-state index is 11.6. The number of anilines is 2. The van der Waals surface area contributed by atoms with Gasteiger partial charge in [-0.3, -0.25) is 9.52 Å². The van der Waals surface area contributed by atoms with Gasteiger partial charge in [-0.25, -0.2) is 8.42 Å². The fraction of sp³-hybridized carbons (Fsp3) is 0.462. The van der Waals surface area contributed by atoms with E-state index in [1.165, 1.54) is 0 Å². The zero-order chi connectivity index (χ0) is 15.3. The van der Waals surface area contributed by atoms with Crippen LogP contribution in [0.4, 0.5) is 11.4 Å². The van der Waals surface area contributed by atoms with Crippen molar-refractivity contribution in [2.45, 2.75) is 26.9 Å². The number of benzene rings is 1. The van der Waals surface area contributed by atoms with Crippen LogP contribution in [0.5, 0.6) is 0 Å². The van der Waals surface area contributed by atoms with Crippen LogP contribution in [0.3, 0.4) is 0 Å². The van der Waals surface area contributed by atoms with Gasteiger partial charge in [-0.05, 0) is 44.5 Å². The maximum absolute atomic E-state index is 11.6. The Morgan fingerprint density at radius 1 is 1.35 bits per heavy atom. The van der Waals surface area contributed by atoms with Crippen molar-refractivity contribution in [2.24, 2.45) is 0 Å². The Labute approximate surface area is 119 Å². The maximum Gasteiger partial charge on any atom is 0.250 e. The van der Waals surface area contributed by atoms with Gasteiger partial charge in [0.2, 0.25) is 15.9 Å². The van der Waals surface area contributed by atoms with Crippen LogP contribution in [0.1, 0.15) is 19.4 Å². The SMILES string of the molecule is Cc1cc(NC(=O)COC(C)C)ccc1NS(C)(=O)=O. The summed E-state index contributed by atoms with van der Waals surface area (Å²) in [7, 11) is -3.31. The largest absolute Gasteiger partial charge is 0.369 e. The summed E-state index contributed by atoms with van der Waals surface area (Å²) in [5.41, 5.74) is 1.81. The number of hydrogen-bond acceptors (Lipinski definition) is 4. The topological polar surface area (TPSA) is 84.5 Å². The summed E-state index contributed by atoms with van der Waals surface area (Å²) >= 11 is 0. The first-order valence-corrected chi connectivity index (χ1v) is 8.06. The highest BCUT2D eigenvalue weighted by atomic mass is 32.2. The van der Waals surface area contributed by atoms with Crippen molar-refractivity contribution in [1.29, 1.82) is 0 Å². The van der Waals surface area contributed by atoms with Crippen LogP contribution in [-0.4, -0.2) is 33.3 Å². The normalized spacial score (nSPS) is 11.4. The molecule has 0 unspecified atom stereocenters. The van der Waals surface area contributed by atoms with E-state index in [0.717, 1.165) is 11.8 Å².